The van der Waals surface area contributed by atoms with Gasteiger partial charge in [-0.1, -0.05) is 6.92 Å². The van der Waals surface area contributed by atoms with Crippen molar-refractivity contribution in [2.24, 2.45) is 5.73 Å². The molecule has 16 heavy (non-hydrogen) atoms. The number of hydrogen-bond donors (Lipinski definition) is 1. The molecule has 3 nitrogen and oxygen atoms in total. The fourth-order valence-corrected chi connectivity index (χ4v) is 2.56. The highest BCUT2D eigenvalue weighted by atomic mass is 15.3. The van der Waals surface area contributed by atoms with Gasteiger partial charge in [0.2, 0.25) is 0 Å². The second-order valence-corrected chi connectivity index (χ2v) is 5.85. The Morgan fingerprint density at radius 2 is 2.06 bits per heavy atom. The van der Waals surface area contributed by atoms with E-state index < -0.39 is 0 Å². The molecule has 1 saturated heterocycles. The van der Waals surface area contributed by atoms with E-state index in [2.05, 4.69) is 44.5 Å². The molecule has 0 amide bonds. The summed E-state index contributed by atoms with van der Waals surface area (Å²) < 4.78 is 0. The predicted molar refractivity (Wildman–Crippen MR) is 70.6 cm³/mol. The Morgan fingerprint density at radius 1 is 1.44 bits per heavy atom. The zero-order valence-corrected chi connectivity index (χ0v) is 11.7. The lowest BCUT2D eigenvalue weighted by molar-refractivity contribution is -0.0237. The molecule has 0 aromatic rings. The summed E-state index contributed by atoms with van der Waals surface area (Å²) in [5, 5.41) is 0. The maximum atomic E-state index is 5.73. The largest absolute Gasteiger partial charge is 0.330 e. The average Bonchev–Trinajstić information content (AvgIpc) is 2.22. The van der Waals surface area contributed by atoms with Crippen molar-refractivity contribution >= 4 is 0 Å². The molecule has 0 aromatic heterocycles. The van der Waals surface area contributed by atoms with E-state index in [4.69, 9.17) is 5.73 Å². The molecule has 3 heteroatoms. The summed E-state index contributed by atoms with van der Waals surface area (Å²) in [6.07, 6.45) is 2.34. The molecule has 1 aliphatic rings. The van der Waals surface area contributed by atoms with Crippen LogP contribution in [0, 0.1) is 0 Å². The van der Waals surface area contributed by atoms with E-state index in [-0.39, 0.29) is 5.54 Å². The first-order valence-corrected chi connectivity index (χ1v) is 6.59. The van der Waals surface area contributed by atoms with E-state index >= 15 is 0 Å². The standard InChI is InChI=1S/C13H29N3/c1-6-11(2)16-10-13(3,4)15(5)9-12(16)7-8-14/h11-12H,6-10,14H2,1-5H3. The number of nitrogens with two attached hydrogens (primary N) is 1. The van der Waals surface area contributed by atoms with E-state index in [1.165, 1.54) is 6.42 Å². The third-order valence-electron chi connectivity index (χ3n) is 4.21. The Kier molecular flexibility index (Phi) is 4.77. The number of likely N-dealkylation sites (N-methyl/N-ethyl adjacent to an activating group) is 1. The fourth-order valence-electron chi connectivity index (χ4n) is 2.56. The van der Waals surface area contributed by atoms with Crippen LogP contribution in [0.1, 0.15) is 40.5 Å². The lowest BCUT2D eigenvalue weighted by atomic mass is 9.93. The lowest BCUT2D eigenvalue weighted by Gasteiger charge is -2.51. The molecule has 2 N–H and O–H groups in total. The lowest BCUT2D eigenvalue weighted by Crippen LogP contribution is -2.64. The molecule has 1 rings (SSSR count). The van der Waals surface area contributed by atoms with Gasteiger partial charge in [0.05, 0.1) is 0 Å². The second kappa shape index (κ2) is 5.48. The summed E-state index contributed by atoms with van der Waals surface area (Å²) in [7, 11) is 2.23. The topological polar surface area (TPSA) is 32.5 Å². The van der Waals surface area contributed by atoms with Gasteiger partial charge in [0.15, 0.2) is 0 Å². The average molecular weight is 227 g/mol. The van der Waals surface area contributed by atoms with Crippen LogP contribution in [0.2, 0.25) is 0 Å². The Morgan fingerprint density at radius 3 is 2.56 bits per heavy atom. The van der Waals surface area contributed by atoms with E-state index in [1.807, 2.05) is 0 Å². The van der Waals surface area contributed by atoms with Crippen molar-refractivity contribution in [2.45, 2.75) is 58.2 Å². The summed E-state index contributed by atoms with van der Waals surface area (Å²) in [4.78, 5) is 5.14. The van der Waals surface area contributed by atoms with Crippen LogP contribution in [-0.4, -0.2) is 54.1 Å². The van der Waals surface area contributed by atoms with Crippen molar-refractivity contribution < 1.29 is 0 Å². The molecule has 0 aromatic carbocycles. The highest BCUT2D eigenvalue weighted by molar-refractivity contribution is 4.95. The summed E-state index contributed by atoms with van der Waals surface area (Å²) in [5.74, 6) is 0. The molecule has 2 unspecified atom stereocenters. The van der Waals surface area contributed by atoms with Crippen molar-refractivity contribution in [3.05, 3.63) is 0 Å². The summed E-state index contributed by atoms with van der Waals surface area (Å²) in [6.45, 7) is 12.4. The van der Waals surface area contributed by atoms with Gasteiger partial charge in [-0.2, -0.15) is 0 Å². The minimum atomic E-state index is 0.286. The maximum Gasteiger partial charge on any atom is 0.0278 e. The second-order valence-electron chi connectivity index (χ2n) is 5.85. The highest BCUT2D eigenvalue weighted by Gasteiger charge is 2.37. The first-order chi connectivity index (χ1) is 7.42. The zero-order chi connectivity index (χ0) is 12.3. The molecular weight excluding hydrogens is 198 g/mol. The van der Waals surface area contributed by atoms with E-state index in [9.17, 15) is 0 Å². The zero-order valence-electron chi connectivity index (χ0n) is 11.7. The van der Waals surface area contributed by atoms with Crippen molar-refractivity contribution in [3.63, 3.8) is 0 Å². The Hall–Kier alpha value is -0.120. The van der Waals surface area contributed by atoms with E-state index in [0.717, 1.165) is 26.1 Å². The number of piperazine rings is 1. The first kappa shape index (κ1) is 13.9. The van der Waals surface area contributed by atoms with Gasteiger partial charge < -0.3 is 5.73 Å². The molecule has 2 atom stereocenters. The van der Waals surface area contributed by atoms with Gasteiger partial charge in [-0.15, -0.1) is 0 Å². The number of nitrogens with zero attached hydrogens (tertiary/aromatic N) is 2. The fraction of sp³-hybridized carbons (Fsp3) is 1.00. The Labute approximate surface area is 101 Å². The van der Waals surface area contributed by atoms with Crippen LogP contribution in [0.5, 0.6) is 0 Å². The first-order valence-electron chi connectivity index (χ1n) is 6.59. The van der Waals surface area contributed by atoms with Crippen LogP contribution in [0.25, 0.3) is 0 Å². The van der Waals surface area contributed by atoms with Crippen LogP contribution in [0.4, 0.5) is 0 Å². The molecule has 1 aliphatic heterocycles. The molecule has 0 bridgehead atoms. The van der Waals surface area contributed by atoms with Crippen LogP contribution in [0.15, 0.2) is 0 Å². The Bertz CT molecular complexity index is 215. The molecule has 1 heterocycles. The van der Waals surface area contributed by atoms with Crippen LogP contribution < -0.4 is 5.73 Å². The summed E-state index contributed by atoms with van der Waals surface area (Å²) in [5.41, 5.74) is 6.02. The van der Waals surface area contributed by atoms with Gasteiger partial charge >= 0.3 is 0 Å². The maximum absolute atomic E-state index is 5.73. The highest BCUT2D eigenvalue weighted by Crippen LogP contribution is 2.26. The van der Waals surface area contributed by atoms with Crippen molar-refractivity contribution in [3.8, 4) is 0 Å². The van der Waals surface area contributed by atoms with Crippen molar-refractivity contribution in [1.29, 1.82) is 0 Å². The third kappa shape index (κ3) is 2.96. The minimum Gasteiger partial charge on any atom is -0.330 e. The van der Waals surface area contributed by atoms with Gasteiger partial charge in [-0.25, -0.2) is 0 Å². The molecule has 1 fully saturated rings. The quantitative estimate of drug-likeness (QED) is 0.790. The van der Waals surface area contributed by atoms with Gasteiger partial charge in [-0.3, -0.25) is 9.80 Å². The van der Waals surface area contributed by atoms with Gasteiger partial charge in [0, 0.05) is 30.7 Å². The molecule has 0 radical (unpaired) electrons. The van der Waals surface area contributed by atoms with Crippen molar-refractivity contribution in [2.75, 3.05) is 26.7 Å². The summed E-state index contributed by atoms with van der Waals surface area (Å²) >= 11 is 0. The van der Waals surface area contributed by atoms with Gasteiger partial charge in [-0.05, 0) is 47.2 Å². The molecule has 0 spiro atoms. The smallest absolute Gasteiger partial charge is 0.0278 e. The van der Waals surface area contributed by atoms with E-state index in [1.54, 1.807) is 0 Å². The molecule has 0 aliphatic carbocycles. The SMILES string of the molecule is CCC(C)N1CC(C)(C)N(C)CC1CCN. The van der Waals surface area contributed by atoms with Crippen molar-refractivity contribution in [1.82, 2.24) is 9.80 Å². The van der Waals surface area contributed by atoms with Gasteiger partial charge in [0.1, 0.15) is 0 Å². The minimum absolute atomic E-state index is 0.286. The monoisotopic (exact) mass is 227 g/mol. The van der Waals surface area contributed by atoms with E-state index in [0.29, 0.717) is 12.1 Å². The molecule has 0 saturated carbocycles. The van der Waals surface area contributed by atoms with Crippen LogP contribution >= 0.6 is 0 Å². The van der Waals surface area contributed by atoms with Crippen LogP contribution in [-0.2, 0) is 0 Å². The van der Waals surface area contributed by atoms with Crippen LogP contribution in [0.3, 0.4) is 0 Å². The molecule has 96 valence electrons. The number of hydrogen-bond acceptors (Lipinski definition) is 3. The normalized spacial score (nSPS) is 29.2. The van der Waals surface area contributed by atoms with Gasteiger partial charge in [0.25, 0.3) is 0 Å². The summed E-state index contributed by atoms with van der Waals surface area (Å²) in [6, 6.07) is 1.31. The molecular formula is C13H29N3. The Balaban J connectivity index is 2.75. The number of rotatable bonds is 4. The third-order valence-corrected chi connectivity index (χ3v) is 4.21. The predicted octanol–water partition coefficient (Wildman–Crippen LogP) is 1.53.